The maximum atomic E-state index is 13.0. The topological polar surface area (TPSA) is 98.8 Å². The minimum atomic E-state index is -1.02. The third kappa shape index (κ3) is 8.34. The van der Waals surface area contributed by atoms with Crippen molar-refractivity contribution in [2.24, 2.45) is 5.92 Å². The lowest BCUT2D eigenvalue weighted by atomic mass is 9.93. The van der Waals surface area contributed by atoms with Gasteiger partial charge in [0.15, 0.2) is 0 Å². The number of nitrogens with one attached hydrogen (secondary N) is 1. The van der Waals surface area contributed by atoms with E-state index in [1.165, 1.54) is 0 Å². The molecule has 3 aromatic rings. The number of esters is 2. The minimum Gasteiger partial charge on any atom is -0.466 e. The second kappa shape index (κ2) is 13.8. The summed E-state index contributed by atoms with van der Waals surface area (Å²) >= 11 is 0. The van der Waals surface area contributed by atoms with Gasteiger partial charge < -0.3 is 14.8 Å². The van der Waals surface area contributed by atoms with Crippen LogP contribution in [0, 0.1) is 5.92 Å². The number of benzene rings is 3. The number of fused-ring (bicyclic) bond motifs is 1. The molecular formula is C29H31NO6. The fourth-order valence-corrected chi connectivity index (χ4v) is 3.69. The van der Waals surface area contributed by atoms with Crippen molar-refractivity contribution in [1.82, 2.24) is 5.32 Å². The van der Waals surface area contributed by atoms with E-state index in [4.69, 9.17) is 9.47 Å². The Morgan fingerprint density at radius 2 is 1.56 bits per heavy atom. The number of ether oxygens (including phenoxy) is 2. The van der Waals surface area contributed by atoms with Crippen LogP contribution in [0.5, 0.6) is 0 Å². The van der Waals surface area contributed by atoms with Crippen molar-refractivity contribution in [2.75, 3.05) is 13.2 Å². The van der Waals surface area contributed by atoms with Gasteiger partial charge in [0, 0.05) is 0 Å². The third-order valence-electron chi connectivity index (χ3n) is 5.70. The quantitative estimate of drug-likeness (QED) is 0.220. The number of unbranched alkanes of at least 4 members (excludes halogenated alkanes) is 1. The number of hydrogen-bond acceptors (Lipinski definition) is 6. The Morgan fingerprint density at radius 3 is 2.31 bits per heavy atom. The van der Waals surface area contributed by atoms with E-state index in [2.05, 4.69) is 5.32 Å². The molecule has 36 heavy (non-hydrogen) atoms. The largest absolute Gasteiger partial charge is 0.466 e. The van der Waals surface area contributed by atoms with Gasteiger partial charge in [-0.25, -0.2) is 4.79 Å². The van der Waals surface area contributed by atoms with Crippen molar-refractivity contribution >= 4 is 34.4 Å². The van der Waals surface area contributed by atoms with Gasteiger partial charge in [-0.05, 0) is 34.7 Å². The highest BCUT2D eigenvalue weighted by Gasteiger charge is 2.25. The zero-order valence-corrected chi connectivity index (χ0v) is 20.4. The Morgan fingerprint density at radius 1 is 0.833 bits per heavy atom. The first-order valence-electron chi connectivity index (χ1n) is 12.1. The summed E-state index contributed by atoms with van der Waals surface area (Å²) < 4.78 is 10.3. The molecule has 188 valence electrons. The summed E-state index contributed by atoms with van der Waals surface area (Å²) in [7, 11) is 0. The lowest BCUT2D eigenvalue weighted by molar-refractivity contribution is -0.154. The van der Waals surface area contributed by atoms with E-state index in [0.717, 1.165) is 34.7 Å². The molecule has 1 atom stereocenters. The molecule has 0 spiro atoms. The number of ketones is 1. The molecule has 0 saturated carbocycles. The molecule has 0 saturated heterocycles. The first kappa shape index (κ1) is 26.6. The average molecular weight is 490 g/mol. The molecule has 0 heterocycles. The highest BCUT2D eigenvalue weighted by atomic mass is 16.5. The van der Waals surface area contributed by atoms with Crippen LogP contribution >= 0.6 is 0 Å². The van der Waals surface area contributed by atoms with Gasteiger partial charge in [-0.2, -0.15) is 0 Å². The molecule has 0 fully saturated rings. The van der Waals surface area contributed by atoms with Gasteiger partial charge in [0.1, 0.15) is 6.61 Å². The predicted octanol–water partition coefficient (Wildman–Crippen LogP) is 4.16. The number of carbonyl (C=O) groups excluding carboxylic acids is 4. The van der Waals surface area contributed by atoms with Crippen molar-refractivity contribution in [3.05, 3.63) is 83.9 Å². The van der Waals surface area contributed by atoms with E-state index in [9.17, 15) is 19.2 Å². The van der Waals surface area contributed by atoms with Crippen molar-refractivity contribution in [2.45, 2.75) is 39.2 Å². The summed E-state index contributed by atoms with van der Waals surface area (Å²) in [5, 5.41) is 4.59. The number of amides is 1. The van der Waals surface area contributed by atoms with E-state index in [1.54, 1.807) is 24.3 Å². The molecule has 0 radical (unpaired) electrons. The zero-order chi connectivity index (χ0) is 25.8. The summed E-state index contributed by atoms with van der Waals surface area (Å²) in [4.78, 5) is 49.6. The highest BCUT2D eigenvalue weighted by Crippen LogP contribution is 2.20. The Bertz CT molecular complexity index is 1190. The van der Waals surface area contributed by atoms with Gasteiger partial charge in [0.25, 0.3) is 5.78 Å². The van der Waals surface area contributed by atoms with E-state index >= 15 is 0 Å². The second-order valence-electron chi connectivity index (χ2n) is 8.56. The van der Waals surface area contributed by atoms with Crippen LogP contribution in [0.1, 0.15) is 37.3 Å². The van der Waals surface area contributed by atoms with Crippen LogP contribution < -0.4 is 5.32 Å². The molecule has 3 rings (SSSR count). The molecule has 7 nitrogen and oxygen atoms in total. The third-order valence-corrected chi connectivity index (χ3v) is 5.70. The first-order chi connectivity index (χ1) is 17.5. The van der Waals surface area contributed by atoms with Gasteiger partial charge in [0.05, 0.1) is 25.5 Å². The number of rotatable bonds is 13. The lowest BCUT2D eigenvalue weighted by Crippen LogP contribution is -2.39. The van der Waals surface area contributed by atoms with Gasteiger partial charge in [-0.15, -0.1) is 0 Å². The molecule has 3 aromatic carbocycles. The standard InChI is InChI=1S/C29H31NO6/c1-2-3-15-35-27(32)18-25(17-22-13-14-23-11-7-8-12-24(23)16-22)28(33)30-19-26(31)29(34)36-20-21-9-5-4-6-10-21/h4-14,16,25H,2-3,15,17-20H2,1H3,(H,30,33). The fraction of sp³-hybridized carbons (Fsp3) is 0.310. The van der Waals surface area contributed by atoms with Crippen LogP contribution in [-0.4, -0.2) is 36.8 Å². The molecule has 0 aromatic heterocycles. The van der Waals surface area contributed by atoms with Crippen LogP contribution in [0.15, 0.2) is 72.8 Å². The predicted molar refractivity (Wildman–Crippen MR) is 136 cm³/mol. The zero-order valence-electron chi connectivity index (χ0n) is 20.4. The Balaban J connectivity index is 1.60. The highest BCUT2D eigenvalue weighted by molar-refractivity contribution is 6.34. The molecule has 0 bridgehead atoms. The molecule has 0 aliphatic rings. The van der Waals surface area contributed by atoms with Gasteiger partial charge in [0.2, 0.25) is 5.91 Å². The van der Waals surface area contributed by atoms with E-state index in [0.29, 0.717) is 6.61 Å². The van der Waals surface area contributed by atoms with Crippen molar-refractivity contribution in [3.8, 4) is 0 Å². The van der Waals surface area contributed by atoms with Gasteiger partial charge >= 0.3 is 11.9 Å². The van der Waals surface area contributed by atoms with E-state index in [1.807, 2.05) is 55.5 Å². The Kier molecular flexibility index (Phi) is 10.2. The van der Waals surface area contributed by atoms with Crippen LogP contribution in [-0.2, 0) is 41.7 Å². The number of carbonyl (C=O) groups is 4. The van der Waals surface area contributed by atoms with Crippen LogP contribution in [0.3, 0.4) is 0 Å². The van der Waals surface area contributed by atoms with Crippen LogP contribution in [0.4, 0.5) is 0 Å². The smallest absolute Gasteiger partial charge is 0.376 e. The van der Waals surface area contributed by atoms with Gasteiger partial charge in [-0.1, -0.05) is 86.1 Å². The average Bonchev–Trinajstić information content (AvgIpc) is 2.90. The Labute approximate surface area is 210 Å². The monoisotopic (exact) mass is 489 g/mol. The molecule has 0 aliphatic heterocycles. The molecule has 1 amide bonds. The second-order valence-corrected chi connectivity index (χ2v) is 8.56. The van der Waals surface area contributed by atoms with E-state index < -0.39 is 36.1 Å². The lowest BCUT2D eigenvalue weighted by Gasteiger charge is -2.17. The minimum absolute atomic E-state index is 0.0342. The van der Waals surface area contributed by atoms with E-state index in [-0.39, 0.29) is 19.4 Å². The molecule has 1 unspecified atom stereocenters. The summed E-state index contributed by atoms with van der Waals surface area (Å²) in [5.74, 6) is -3.62. The number of hydrogen-bond donors (Lipinski definition) is 1. The van der Waals surface area contributed by atoms with Crippen molar-refractivity contribution < 1.29 is 28.7 Å². The van der Waals surface area contributed by atoms with Crippen LogP contribution in [0.2, 0.25) is 0 Å². The van der Waals surface area contributed by atoms with Crippen molar-refractivity contribution in [1.29, 1.82) is 0 Å². The maximum absolute atomic E-state index is 13.0. The summed E-state index contributed by atoms with van der Waals surface area (Å²) in [6.07, 6.45) is 1.78. The Hall–Kier alpha value is -4.00. The molecule has 7 heteroatoms. The summed E-state index contributed by atoms with van der Waals surface area (Å²) in [6, 6.07) is 22.7. The molecule has 1 N–H and O–H groups in total. The SMILES string of the molecule is CCCCOC(=O)CC(Cc1ccc2ccccc2c1)C(=O)NCC(=O)C(=O)OCc1ccccc1. The number of Topliss-reactive ketones (excluding diaryl/α,β-unsaturated/α-hetero) is 1. The maximum Gasteiger partial charge on any atom is 0.376 e. The van der Waals surface area contributed by atoms with Crippen molar-refractivity contribution in [3.63, 3.8) is 0 Å². The van der Waals surface area contributed by atoms with Crippen LogP contribution in [0.25, 0.3) is 10.8 Å². The molecule has 0 aliphatic carbocycles. The summed E-state index contributed by atoms with van der Waals surface area (Å²) in [6.45, 7) is 1.75. The summed E-state index contributed by atoms with van der Waals surface area (Å²) in [5.41, 5.74) is 1.63. The first-order valence-corrected chi connectivity index (χ1v) is 12.1. The van der Waals surface area contributed by atoms with Gasteiger partial charge in [-0.3, -0.25) is 14.4 Å². The fourth-order valence-electron chi connectivity index (χ4n) is 3.69. The normalized spacial score (nSPS) is 11.5. The molecular weight excluding hydrogens is 458 g/mol.